The van der Waals surface area contributed by atoms with Crippen LogP contribution < -0.4 is 0 Å². The summed E-state index contributed by atoms with van der Waals surface area (Å²) in [5, 5.41) is 21.0. The normalized spacial score (nSPS) is 66.0. The molecule has 0 aromatic heterocycles. The van der Waals surface area contributed by atoms with Crippen molar-refractivity contribution in [1.29, 1.82) is 0 Å². The van der Waals surface area contributed by atoms with E-state index in [1.54, 1.807) is 0 Å². The first kappa shape index (κ1) is 9.17. The zero-order valence-electron chi connectivity index (χ0n) is 9.08. The van der Waals surface area contributed by atoms with Crippen LogP contribution in [0.1, 0.15) is 46.0 Å². The fourth-order valence-electron chi connectivity index (χ4n) is 4.70. The van der Waals surface area contributed by atoms with Crippen LogP contribution in [-0.2, 0) is 0 Å². The largest absolute Gasteiger partial charge is 0.392 e. The molecule has 14 heavy (non-hydrogen) atoms. The van der Waals surface area contributed by atoms with E-state index in [4.69, 9.17) is 0 Å². The van der Waals surface area contributed by atoms with Crippen LogP contribution in [0.15, 0.2) is 0 Å². The molecule has 3 aliphatic carbocycles. The Kier molecular flexibility index (Phi) is 1.44. The Morgan fingerprint density at radius 1 is 1.14 bits per heavy atom. The van der Waals surface area contributed by atoms with Crippen LogP contribution in [0.5, 0.6) is 0 Å². The third kappa shape index (κ3) is 0.704. The van der Waals surface area contributed by atoms with Gasteiger partial charge in [-0.2, -0.15) is 0 Å². The highest BCUT2D eigenvalue weighted by atomic mass is 16.3. The van der Waals surface area contributed by atoms with Gasteiger partial charge in [0.2, 0.25) is 0 Å². The fourth-order valence-corrected chi connectivity index (χ4v) is 4.70. The maximum absolute atomic E-state index is 10.8. The molecule has 3 rings (SSSR count). The Hall–Kier alpha value is -0.0800. The van der Waals surface area contributed by atoms with Crippen molar-refractivity contribution in [2.45, 2.75) is 57.7 Å². The van der Waals surface area contributed by atoms with Crippen molar-refractivity contribution in [2.75, 3.05) is 0 Å². The van der Waals surface area contributed by atoms with Gasteiger partial charge in [0.05, 0.1) is 11.7 Å². The van der Waals surface area contributed by atoms with Gasteiger partial charge in [-0.15, -0.1) is 0 Å². The van der Waals surface area contributed by atoms with E-state index in [0.29, 0.717) is 5.92 Å². The van der Waals surface area contributed by atoms with E-state index >= 15 is 0 Å². The summed E-state index contributed by atoms with van der Waals surface area (Å²) in [4.78, 5) is 0. The van der Waals surface area contributed by atoms with E-state index in [2.05, 4.69) is 13.8 Å². The second-order valence-electron chi connectivity index (χ2n) is 6.31. The Morgan fingerprint density at radius 2 is 1.86 bits per heavy atom. The fraction of sp³-hybridized carbons (Fsp3) is 1.00. The lowest BCUT2D eigenvalue weighted by Crippen LogP contribution is -2.56. The highest BCUT2D eigenvalue weighted by molar-refractivity contribution is 5.21. The first-order valence-electron chi connectivity index (χ1n) is 5.83. The minimum Gasteiger partial charge on any atom is -0.392 e. The van der Waals surface area contributed by atoms with Crippen molar-refractivity contribution in [3.8, 4) is 0 Å². The monoisotopic (exact) mass is 196 g/mol. The van der Waals surface area contributed by atoms with E-state index in [1.807, 2.05) is 0 Å². The van der Waals surface area contributed by atoms with Gasteiger partial charge >= 0.3 is 0 Å². The van der Waals surface area contributed by atoms with Crippen molar-refractivity contribution in [2.24, 2.45) is 16.7 Å². The average Bonchev–Trinajstić information content (AvgIpc) is 2.45. The Bertz CT molecular complexity index is 290. The van der Waals surface area contributed by atoms with E-state index in [9.17, 15) is 10.2 Å². The Balaban J connectivity index is 2.15. The molecular formula is C12H20O2. The van der Waals surface area contributed by atoms with Crippen LogP contribution in [0, 0.1) is 16.7 Å². The third-order valence-electron chi connectivity index (χ3n) is 5.83. The zero-order chi connectivity index (χ0) is 10.2. The van der Waals surface area contributed by atoms with Crippen LogP contribution in [0.2, 0.25) is 0 Å². The number of hydrogen-bond donors (Lipinski definition) is 2. The van der Waals surface area contributed by atoms with Crippen LogP contribution >= 0.6 is 0 Å². The molecule has 3 saturated carbocycles. The van der Waals surface area contributed by atoms with E-state index in [-0.39, 0.29) is 16.9 Å². The molecule has 0 radical (unpaired) electrons. The molecule has 0 saturated heterocycles. The SMILES string of the molecule is CC12CCC3(O)C1CCC3(C)C(O)C2. The molecular weight excluding hydrogens is 176 g/mol. The quantitative estimate of drug-likeness (QED) is 0.619. The van der Waals surface area contributed by atoms with Crippen molar-refractivity contribution in [3.05, 3.63) is 0 Å². The smallest absolute Gasteiger partial charge is 0.0759 e. The van der Waals surface area contributed by atoms with E-state index in [0.717, 1.165) is 32.1 Å². The average molecular weight is 196 g/mol. The van der Waals surface area contributed by atoms with Crippen LogP contribution in [0.3, 0.4) is 0 Å². The molecule has 0 amide bonds. The Labute approximate surface area is 85.3 Å². The molecule has 0 aliphatic heterocycles. The molecule has 3 fully saturated rings. The van der Waals surface area contributed by atoms with Crippen LogP contribution in [-0.4, -0.2) is 21.9 Å². The van der Waals surface area contributed by atoms with Crippen molar-refractivity contribution < 1.29 is 10.2 Å². The summed E-state index contributed by atoms with van der Waals surface area (Å²) in [5.74, 6) is 0.448. The number of aliphatic hydroxyl groups is 2. The van der Waals surface area contributed by atoms with Crippen molar-refractivity contribution >= 4 is 0 Å². The second kappa shape index (κ2) is 2.19. The molecule has 0 aromatic carbocycles. The van der Waals surface area contributed by atoms with Gasteiger partial charge in [-0.3, -0.25) is 0 Å². The summed E-state index contributed by atoms with van der Waals surface area (Å²) in [6.45, 7) is 4.34. The molecule has 80 valence electrons. The van der Waals surface area contributed by atoms with Crippen LogP contribution in [0.4, 0.5) is 0 Å². The second-order valence-corrected chi connectivity index (χ2v) is 6.31. The maximum atomic E-state index is 10.8. The summed E-state index contributed by atoms with van der Waals surface area (Å²) in [6.07, 6.45) is 4.73. The lowest BCUT2D eigenvalue weighted by Gasteiger charge is -2.50. The standard InChI is InChI=1S/C12H20O2/c1-10-5-6-12(14)8(10)3-4-11(12,2)9(13)7-10/h8-9,13-14H,3-7H2,1-2H3. The van der Waals surface area contributed by atoms with Gasteiger partial charge in [-0.05, 0) is 43.4 Å². The number of rotatable bonds is 0. The molecule has 2 N–H and O–H groups in total. The topological polar surface area (TPSA) is 40.5 Å². The number of hydrogen-bond acceptors (Lipinski definition) is 2. The van der Waals surface area contributed by atoms with Gasteiger partial charge < -0.3 is 10.2 Å². The van der Waals surface area contributed by atoms with Crippen molar-refractivity contribution in [1.82, 2.24) is 0 Å². The van der Waals surface area contributed by atoms with Gasteiger partial charge in [0.15, 0.2) is 0 Å². The van der Waals surface area contributed by atoms with Crippen molar-refractivity contribution in [3.63, 3.8) is 0 Å². The van der Waals surface area contributed by atoms with Crippen LogP contribution in [0.25, 0.3) is 0 Å². The predicted molar refractivity (Wildman–Crippen MR) is 53.7 cm³/mol. The van der Waals surface area contributed by atoms with Gasteiger partial charge in [-0.25, -0.2) is 0 Å². The summed E-state index contributed by atoms with van der Waals surface area (Å²) in [7, 11) is 0. The zero-order valence-corrected chi connectivity index (χ0v) is 9.08. The molecule has 0 aromatic rings. The molecule has 5 unspecified atom stereocenters. The summed E-state index contributed by atoms with van der Waals surface area (Å²) in [6, 6.07) is 0. The lowest BCUT2D eigenvalue weighted by molar-refractivity contribution is -0.167. The molecule has 3 aliphatic rings. The lowest BCUT2D eigenvalue weighted by atomic mass is 9.60. The first-order chi connectivity index (χ1) is 6.42. The molecule has 2 heteroatoms. The highest BCUT2D eigenvalue weighted by Gasteiger charge is 2.71. The third-order valence-corrected chi connectivity index (χ3v) is 5.83. The minimum absolute atomic E-state index is 0.212. The molecule has 0 spiro atoms. The summed E-state index contributed by atoms with van der Waals surface area (Å²) >= 11 is 0. The van der Waals surface area contributed by atoms with Gasteiger partial charge in [0, 0.05) is 5.41 Å². The van der Waals surface area contributed by atoms with Gasteiger partial charge in [0.1, 0.15) is 0 Å². The van der Waals surface area contributed by atoms with E-state index in [1.165, 1.54) is 0 Å². The summed E-state index contributed by atoms with van der Waals surface area (Å²) in [5.41, 5.74) is -0.558. The maximum Gasteiger partial charge on any atom is 0.0759 e. The highest BCUT2D eigenvalue weighted by Crippen LogP contribution is 2.70. The van der Waals surface area contributed by atoms with Gasteiger partial charge in [-0.1, -0.05) is 13.8 Å². The summed E-state index contributed by atoms with van der Waals surface area (Å²) < 4.78 is 0. The van der Waals surface area contributed by atoms with E-state index < -0.39 is 5.60 Å². The number of aliphatic hydroxyl groups excluding tert-OH is 1. The minimum atomic E-state index is -0.556. The molecule has 4 bridgehead atoms. The predicted octanol–water partition coefficient (Wildman–Crippen LogP) is 1.70. The first-order valence-corrected chi connectivity index (χ1v) is 5.83. The van der Waals surface area contributed by atoms with Gasteiger partial charge in [0.25, 0.3) is 0 Å². The Morgan fingerprint density at radius 3 is 2.57 bits per heavy atom. The molecule has 0 heterocycles. The molecule has 5 atom stereocenters. The molecule has 2 nitrogen and oxygen atoms in total.